The molecule has 0 aliphatic carbocycles. The second-order valence-electron chi connectivity index (χ2n) is 11.9. The monoisotopic (exact) mass is 620 g/mol. The van der Waals surface area contributed by atoms with Crippen LogP contribution in [0.4, 0.5) is 10.1 Å². The van der Waals surface area contributed by atoms with Gasteiger partial charge in [0.2, 0.25) is 0 Å². The van der Waals surface area contributed by atoms with Gasteiger partial charge in [0.05, 0.1) is 41.5 Å². The van der Waals surface area contributed by atoms with E-state index in [0.29, 0.717) is 42.4 Å². The SMILES string of the molecule is CCC(O)Cn1c(CN2CCC(c3cccc4c3N(C)CCC(c3ccc(Cl)cc3F)O4)CC2)nc2ccc(C(=O)O)cc21. The Morgan fingerprint density at radius 2 is 1.89 bits per heavy atom. The Kier molecular flexibility index (Phi) is 8.80. The number of rotatable bonds is 8. The quantitative estimate of drug-likeness (QED) is 0.228. The largest absolute Gasteiger partial charge is 0.483 e. The summed E-state index contributed by atoms with van der Waals surface area (Å²) >= 11 is 6.00. The molecule has 1 saturated heterocycles. The van der Waals surface area contributed by atoms with Gasteiger partial charge in [0, 0.05) is 30.6 Å². The maximum Gasteiger partial charge on any atom is 0.335 e. The van der Waals surface area contributed by atoms with Crippen LogP contribution in [0.1, 0.15) is 71.9 Å². The van der Waals surface area contributed by atoms with E-state index in [2.05, 4.69) is 22.9 Å². The van der Waals surface area contributed by atoms with Crippen molar-refractivity contribution in [1.29, 1.82) is 0 Å². The summed E-state index contributed by atoms with van der Waals surface area (Å²) in [5.74, 6) is 0.609. The third kappa shape index (κ3) is 6.14. The normalized spacial score (nSPS) is 18.6. The Balaban J connectivity index is 1.20. The molecular formula is C34H38ClFN4O4. The van der Waals surface area contributed by atoms with Gasteiger partial charge in [-0.1, -0.05) is 36.7 Å². The third-order valence-electron chi connectivity index (χ3n) is 9.05. The summed E-state index contributed by atoms with van der Waals surface area (Å²) in [6.07, 6.45) is 2.22. The van der Waals surface area contributed by atoms with Gasteiger partial charge in [0.15, 0.2) is 0 Å². The van der Waals surface area contributed by atoms with Crippen LogP contribution in [-0.2, 0) is 13.1 Å². The molecule has 8 nitrogen and oxygen atoms in total. The Hall–Kier alpha value is -3.66. The fourth-order valence-electron chi connectivity index (χ4n) is 6.56. The first-order chi connectivity index (χ1) is 21.2. The number of aliphatic hydroxyl groups is 1. The van der Waals surface area contributed by atoms with Crippen molar-refractivity contribution in [2.24, 2.45) is 0 Å². The van der Waals surface area contributed by atoms with Gasteiger partial charge in [0.1, 0.15) is 23.5 Å². The van der Waals surface area contributed by atoms with Gasteiger partial charge in [-0.2, -0.15) is 0 Å². The molecule has 0 saturated carbocycles. The van der Waals surface area contributed by atoms with E-state index in [9.17, 15) is 19.4 Å². The van der Waals surface area contributed by atoms with Crippen LogP contribution in [0.3, 0.4) is 0 Å². The highest BCUT2D eigenvalue weighted by molar-refractivity contribution is 6.30. The molecule has 2 atom stereocenters. The number of hydrogen-bond donors (Lipinski definition) is 2. The van der Waals surface area contributed by atoms with Crippen molar-refractivity contribution in [1.82, 2.24) is 14.5 Å². The van der Waals surface area contributed by atoms with E-state index in [1.54, 1.807) is 30.3 Å². The number of aromatic carboxylic acids is 1. The van der Waals surface area contributed by atoms with E-state index in [1.165, 1.54) is 11.6 Å². The molecule has 2 aliphatic heterocycles. The summed E-state index contributed by atoms with van der Waals surface area (Å²) < 4.78 is 23.2. The van der Waals surface area contributed by atoms with E-state index < -0.39 is 18.2 Å². The van der Waals surface area contributed by atoms with Crippen LogP contribution in [0.2, 0.25) is 5.02 Å². The molecule has 44 heavy (non-hydrogen) atoms. The van der Waals surface area contributed by atoms with Crippen molar-refractivity contribution in [2.45, 2.75) is 63.8 Å². The molecule has 0 bridgehead atoms. The highest BCUT2D eigenvalue weighted by Gasteiger charge is 2.30. The summed E-state index contributed by atoms with van der Waals surface area (Å²) in [5.41, 5.74) is 4.52. The molecule has 3 heterocycles. The number of para-hydroxylation sites is 1. The lowest BCUT2D eigenvalue weighted by molar-refractivity contribution is 0.0697. The van der Waals surface area contributed by atoms with Crippen LogP contribution >= 0.6 is 11.6 Å². The highest BCUT2D eigenvalue weighted by atomic mass is 35.5. The number of likely N-dealkylation sites (tertiary alicyclic amines) is 1. The molecule has 2 N–H and O–H groups in total. The van der Waals surface area contributed by atoms with Crippen LogP contribution in [0.25, 0.3) is 11.0 Å². The topological polar surface area (TPSA) is 91.1 Å². The summed E-state index contributed by atoms with van der Waals surface area (Å²) in [4.78, 5) is 21.1. The number of hydrogen-bond acceptors (Lipinski definition) is 6. The number of nitrogens with zero attached hydrogens (tertiary/aromatic N) is 4. The number of ether oxygens (including phenoxy) is 1. The van der Waals surface area contributed by atoms with Gasteiger partial charge in [-0.05, 0) is 80.2 Å². The predicted octanol–water partition coefficient (Wildman–Crippen LogP) is 6.64. The molecular weight excluding hydrogens is 583 g/mol. The lowest BCUT2D eigenvalue weighted by Gasteiger charge is -2.34. The van der Waals surface area contributed by atoms with Crippen LogP contribution in [-0.4, -0.2) is 63.4 Å². The zero-order valence-electron chi connectivity index (χ0n) is 25.0. The number of carbonyl (C=O) groups is 1. The van der Waals surface area contributed by atoms with Crippen molar-refractivity contribution in [2.75, 3.05) is 31.6 Å². The summed E-state index contributed by atoms with van der Waals surface area (Å²) in [6, 6.07) is 15.9. The average Bonchev–Trinajstić information content (AvgIpc) is 3.24. The van der Waals surface area contributed by atoms with Crippen LogP contribution in [0.5, 0.6) is 5.75 Å². The van der Waals surface area contributed by atoms with Crippen molar-refractivity contribution in [3.8, 4) is 5.75 Å². The fraction of sp³-hybridized carbons (Fsp3) is 0.412. The lowest BCUT2D eigenvalue weighted by atomic mass is 9.87. The van der Waals surface area contributed by atoms with E-state index >= 15 is 0 Å². The maximum atomic E-state index is 14.8. The van der Waals surface area contributed by atoms with Crippen molar-refractivity contribution in [3.63, 3.8) is 0 Å². The number of anilines is 1. The van der Waals surface area contributed by atoms with Crippen molar-refractivity contribution < 1.29 is 24.1 Å². The Bertz CT molecular complexity index is 1670. The minimum Gasteiger partial charge on any atom is -0.483 e. The summed E-state index contributed by atoms with van der Waals surface area (Å²) in [5, 5.41) is 20.4. The van der Waals surface area contributed by atoms with E-state index in [0.717, 1.165) is 60.8 Å². The van der Waals surface area contributed by atoms with Gasteiger partial charge in [0.25, 0.3) is 0 Å². The summed E-state index contributed by atoms with van der Waals surface area (Å²) in [6.45, 7) is 5.39. The van der Waals surface area contributed by atoms with Gasteiger partial charge >= 0.3 is 5.97 Å². The fourth-order valence-corrected chi connectivity index (χ4v) is 6.72. The van der Waals surface area contributed by atoms with E-state index in [4.69, 9.17) is 21.3 Å². The van der Waals surface area contributed by atoms with E-state index in [1.807, 2.05) is 23.6 Å². The Morgan fingerprint density at radius 3 is 2.61 bits per heavy atom. The second kappa shape index (κ2) is 12.8. The molecule has 2 aliphatic rings. The molecule has 0 radical (unpaired) electrons. The minimum atomic E-state index is -0.984. The molecule has 4 aromatic rings. The Labute approximate surface area is 261 Å². The molecule has 3 aromatic carbocycles. The lowest BCUT2D eigenvalue weighted by Crippen LogP contribution is -2.34. The number of aliphatic hydroxyl groups excluding tert-OH is 1. The number of carboxylic acid groups (broad SMARTS) is 1. The zero-order chi connectivity index (χ0) is 31.0. The average molecular weight is 621 g/mol. The molecule has 10 heteroatoms. The number of halogens is 2. The van der Waals surface area contributed by atoms with Crippen molar-refractivity contribution in [3.05, 3.63) is 88.0 Å². The smallest absolute Gasteiger partial charge is 0.335 e. The van der Waals surface area contributed by atoms with Crippen LogP contribution in [0.15, 0.2) is 54.6 Å². The molecule has 6 rings (SSSR count). The molecule has 1 fully saturated rings. The first-order valence-corrected chi connectivity index (χ1v) is 15.7. The molecule has 1 aromatic heterocycles. The summed E-state index contributed by atoms with van der Waals surface area (Å²) in [7, 11) is 2.08. The number of imidazole rings is 1. The highest BCUT2D eigenvalue weighted by Crippen LogP contribution is 2.44. The van der Waals surface area contributed by atoms with Crippen LogP contribution < -0.4 is 9.64 Å². The number of fused-ring (bicyclic) bond motifs is 2. The van der Waals surface area contributed by atoms with Gasteiger partial charge in [-0.15, -0.1) is 0 Å². The van der Waals surface area contributed by atoms with Crippen LogP contribution in [0, 0.1) is 5.82 Å². The Morgan fingerprint density at radius 1 is 1.09 bits per heavy atom. The first-order valence-electron chi connectivity index (χ1n) is 15.3. The molecule has 0 amide bonds. The molecule has 0 spiro atoms. The van der Waals surface area contributed by atoms with Gasteiger partial charge in [-0.3, -0.25) is 4.90 Å². The minimum absolute atomic E-state index is 0.206. The number of benzene rings is 3. The van der Waals surface area contributed by atoms with E-state index in [-0.39, 0.29) is 11.4 Å². The number of carboxylic acids is 1. The molecule has 2 unspecified atom stereocenters. The third-order valence-corrected chi connectivity index (χ3v) is 9.28. The standard InChI is InChI=1S/C34H38ClFN4O4/c1-3-24(41)19-40-29-17-22(34(42)43)7-10-28(29)37-32(40)20-39-15-11-21(12-16-39)25-5-4-6-31-33(25)38(2)14-13-30(44-31)26-9-8-23(35)18-27(26)36/h4-10,17-18,21,24,30,41H,3,11-16,19-20H2,1-2H3,(H,42,43). The zero-order valence-corrected chi connectivity index (χ0v) is 25.8. The first kappa shape index (κ1) is 30.4. The van der Waals surface area contributed by atoms with Gasteiger partial charge in [-0.25, -0.2) is 14.2 Å². The maximum absolute atomic E-state index is 14.8. The second-order valence-corrected chi connectivity index (χ2v) is 12.4. The molecule has 232 valence electrons. The van der Waals surface area contributed by atoms with Gasteiger partial charge < -0.3 is 24.4 Å². The van der Waals surface area contributed by atoms with Crippen molar-refractivity contribution >= 4 is 34.3 Å². The number of aromatic nitrogens is 2. The number of piperidine rings is 1. The predicted molar refractivity (Wildman–Crippen MR) is 169 cm³/mol.